The summed E-state index contributed by atoms with van der Waals surface area (Å²) in [6, 6.07) is 4.16. The Hall–Kier alpha value is -1.69. The Morgan fingerprint density at radius 1 is 1.44 bits per heavy atom. The van der Waals surface area contributed by atoms with E-state index >= 15 is 0 Å². The molecular weight excluding hydrogens is 498 g/mol. The summed E-state index contributed by atoms with van der Waals surface area (Å²) in [6.45, 7) is 11.1. The highest BCUT2D eigenvalue weighted by atomic mass is 79.9. The van der Waals surface area contributed by atoms with E-state index in [1.54, 1.807) is 12.1 Å². The number of nitro groups is 1. The second-order valence-corrected chi connectivity index (χ2v) is 15.5. The summed E-state index contributed by atoms with van der Waals surface area (Å²) in [6.07, 6.45) is -0.600. The van der Waals surface area contributed by atoms with E-state index in [4.69, 9.17) is 4.43 Å². The van der Waals surface area contributed by atoms with E-state index in [1.165, 1.54) is 11.0 Å². The number of carboxylic acid groups (broad SMARTS) is 1. The summed E-state index contributed by atoms with van der Waals surface area (Å²) >= 11 is 3.22. The van der Waals surface area contributed by atoms with Crippen LogP contribution in [0.2, 0.25) is 18.1 Å². The maximum Gasteiger partial charge on any atom is 0.407 e. The molecule has 1 saturated heterocycles. The van der Waals surface area contributed by atoms with Crippen LogP contribution in [0.5, 0.6) is 0 Å². The van der Waals surface area contributed by atoms with E-state index < -0.39 is 31.5 Å². The number of nitrogens with one attached hydrogen (secondary N) is 1. The van der Waals surface area contributed by atoms with Gasteiger partial charge in [0.05, 0.1) is 23.2 Å². The molecule has 1 aromatic rings. The van der Waals surface area contributed by atoms with Crippen molar-refractivity contribution >= 4 is 41.7 Å². The van der Waals surface area contributed by atoms with Crippen molar-refractivity contribution in [3.8, 4) is 0 Å². The molecule has 3 atom stereocenters. The summed E-state index contributed by atoms with van der Waals surface area (Å²) in [5.74, 6) is 0. The molecule has 1 aromatic carbocycles. The minimum absolute atomic E-state index is 0.0241. The first kappa shape index (κ1) is 26.6. The molecule has 3 N–H and O–H groups in total. The van der Waals surface area contributed by atoms with Crippen LogP contribution in [-0.2, 0) is 4.43 Å². The average molecular weight is 533 g/mol. The highest BCUT2D eigenvalue weighted by Crippen LogP contribution is 2.39. The van der Waals surface area contributed by atoms with Gasteiger partial charge < -0.3 is 24.9 Å². The summed E-state index contributed by atoms with van der Waals surface area (Å²) in [5.41, 5.74) is 0.195. The quantitative estimate of drug-likeness (QED) is 0.243. The van der Waals surface area contributed by atoms with E-state index in [0.717, 1.165) is 6.42 Å². The van der Waals surface area contributed by atoms with E-state index in [0.29, 0.717) is 23.1 Å². The zero-order valence-electron chi connectivity index (χ0n) is 19.3. The van der Waals surface area contributed by atoms with Crippen LogP contribution in [-0.4, -0.2) is 65.8 Å². The summed E-state index contributed by atoms with van der Waals surface area (Å²) in [4.78, 5) is 24.1. The minimum atomic E-state index is -2.14. The number of nitrogens with zero attached hydrogens (tertiary/aromatic N) is 2. The van der Waals surface area contributed by atoms with Gasteiger partial charge in [0.1, 0.15) is 5.69 Å². The predicted molar refractivity (Wildman–Crippen MR) is 130 cm³/mol. The fraction of sp³-hybridized carbons (Fsp3) is 0.667. The number of piperidine rings is 1. The highest BCUT2D eigenvalue weighted by molar-refractivity contribution is 9.10. The number of anilines is 1. The third-order valence-corrected chi connectivity index (χ3v) is 11.4. The number of aliphatic hydroxyl groups excluding tert-OH is 1. The van der Waals surface area contributed by atoms with E-state index in [2.05, 4.69) is 55.1 Å². The van der Waals surface area contributed by atoms with Crippen molar-refractivity contribution in [3.05, 3.63) is 32.8 Å². The Kier molecular flexibility index (Phi) is 8.71. The Balaban J connectivity index is 2.14. The van der Waals surface area contributed by atoms with Gasteiger partial charge in [-0.3, -0.25) is 10.1 Å². The number of benzene rings is 1. The van der Waals surface area contributed by atoms with Gasteiger partial charge in [0.15, 0.2) is 8.32 Å². The highest BCUT2D eigenvalue weighted by Gasteiger charge is 2.44. The van der Waals surface area contributed by atoms with E-state index in [9.17, 15) is 25.1 Å². The second kappa shape index (κ2) is 10.5. The Bertz CT molecular complexity index is 832. The number of hydrogen-bond donors (Lipinski definition) is 3. The number of hydrogen-bond acceptors (Lipinski definition) is 6. The van der Waals surface area contributed by atoms with E-state index in [-0.39, 0.29) is 29.8 Å². The first-order chi connectivity index (χ1) is 14.7. The lowest BCUT2D eigenvalue weighted by atomic mass is 9.94. The zero-order valence-corrected chi connectivity index (χ0v) is 21.9. The second-order valence-electron chi connectivity index (χ2n) is 9.79. The van der Waals surface area contributed by atoms with Crippen molar-refractivity contribution in [2.24, 2.45) is 0 Å². The van der Waals surface area contributed by atoms with Crippen molar-refractivity contribution in [2.45, 2.75) is 76.4 Å². The van der Waals surface area contributed by atoms with Gasteiger partial charge in [-0.1, -0.05) is 36.7 Å². The number of halogens is 1. The average Bonchev–Trinajstić information content (AvgIpc) is 2.66. The first-order valence-corrected chi connectivity index (χ1v) is 14.5. The number of carbonyl (C=O) groups is 1. The topological polar surface area (TPSA) is 125 Å². The molecule has 2 rings (SSSR count). The molecule has 1 aliphatic heterocycles. The van der Waals surface area contributed by atoms with Crippen LogP contribution in [0.25, 0.3) is 0 Å². The molecule has 9 nitrogen and oxygen atoms in total. The molecule has 180 valence electrons. The van der Waals surface area contributed by atoms with Gasteiger partial charge in [0.25, 0.3) is 5.69 Å². The number of nitro benzene ring substituents is 1. The Morgan fingerprint density at radius 2 is 2.09 bits per heavy atom. The van der Waals surface area contributed by atoms with Crippen molar-refractivity contribution in [1.82, 2.24) is 4.90 Å². The molecule has 1 fully saturated rings. The normalized spacial score (nSPS) is 20.7. The molecule has 0 bridgehead atoms. The molecule has 0 aromatic heterocycles. The Labute approximate surface area is 198 Å². The van der Waals surface area contributed by atoms with Gasteiger partial charge in [-0.25, -0.2) is 4.79 Å². The van der Waals surface area contributed by atoms with Crippen LogP contribution in [0.15, 0.2) is 22.7 Å². The van der Waals surface area contributed by atoms with Gasteiger partial charge in [-0.2, -0.15) is 0 Å². The molecule has 0 saturated carbocycles. The van der Waals surface area contributed by atoms with Crippen LogP contribution in [0, 0.1) is 10.1 Å². The molecule has 0 radical (unpaired) electrons. The number of amides is 1. The van der Waals surface area contributed by atoms with Gasteiger partial charge >= 0.3 is 6.09 Å². The fourth-order valence-corrected chi connectivity index (χ4v) is 5.36. The number of likely N-dealkylation sites (tertiary alicyclic amines) is 1. The number of rotatable bonds is 8. The minimum Gasteiger partial charge on any atom is -0.465 e. The van der Waals surface area contributed by atoms with Crippen LogP contribution in [0.3, 0.4) is 0 Å². The lowest BCUT2D eigenvalue weighted by Gasteiger charge is -2.46. The van der Waals surface area contributed by atoms with Crippen LogP contribution in [0.4, 0.5) is 16.2 Å². The van der Waals surface area contributed by atoms with Crippen LogP contribution in [0.1, 0.15) is 40.0 Å². The van der Waals surface area contributed by atoms with Gasteiger partial charge in [0.2, 0.25) is 0 Å². The largest absolute Gasteiger partial charge is 0.465 e. The van der Waals surface area contributed by atoms with Gasteiger partial charge in [0, 0.05) is 23.6 Å². The zero-order chi connectivity index (χ0) is 24.3. The van der Waals surface area contributed by atoms with E-state index in [1.807, 2.05) is 0 Å². The van der Waals surface area contributed by atoms with Crippen molar-refractivity contribution in [2.75, 3.05) is 18.4 Å². The maximum absolute atomic E-state index is 11.9. The monoisotopic (exact) mass is 531 g/mol. The number of aliphatic hydroxyl groups is 1. The molecule has 1 heterocycles. The lowest BCUT2D eigenvalue weighted by molar-refractivity contribution is -0.384. The van der Waals surface area contributed by atoms with Crippen molar-refractivity contribution in [3.63, 3.8) is 0 Å². The molecule has 1 amide bonds. The Morgan fingerprint density at radius 3 is 2.66 bits per heavy atom. The summed E-state index contributed by atoms with van der Waals surface area (Å²) in [5, 5.41) is 34.7. The SMILES string of the molecule is CC(C)(C)[Si](C)(C)O[C@H]1CCCN(C(=O)O)[C@@H]1CC(O)CNc1ccc(Br)cc1[N+](=O)[O-]. The van der Waals surface area contributed by atoms with Crippen LogP contribution < -0.4 is 5.32 Å². The maximum atomic E-state index is 11.9. The predicted octanol–water partition coefficient (Wildman–Crippen LogP) is 5.05. The van der Waals surface area contributed by atoms with Gasteiger partial charge in [-0.15, -0.1) is 0 Å². The van der Waals surface area contributed by atoms with Crippen molar-refractivity contribution in [1.29, 1.82) is 0 Å². The third kappa shape index (κ3) is 6.66. The van der Waals surface area contributed by atoms with Crippen LogP contribution >= 0.6 is 15.9 Å². The molecule has 32 heavy (non-hydrogen) atoms. The smallest absolute Gasteiger partial charge is 0.407 e. The molecule has 0 spiro atoms. The third-order valence-electron chi connectivity index (χ3n) is 6.41. The molecule has 11 heteroatoms. The fourth-order valence-electron chi connectivity index (χ4n) is 3.63. The standard InChI is InChI=1S/C21H34BrN3O6Si/c1-21(2,3)32(4,5)31-19-7-6-10-24(20(27)28)18(19)12-15(26)13-23-16-9-8-14(22)11-17(16)25(29)30/h8-9,11,15,18-19,23,26H,6-7,10,12-13H2,1-5H3,(H,27,28)/t15?,18-,19+/m1/s1. The lowest BCUT2D eigenvalue weighted by Crippen LogP contribution is -2.57. The molecule has 1 aliphatic rings. The molecule has 1 unspecified atom stereocenters. The van der Waals surface area contributed by atoms with Gasteiger partial charge in [-0.05, 0) is 49.5 Å². The summed E-state index contributed by atoms with van der Waals surface area (Å²) < 4.78 is 7.16. The van der Waals surface area contributed by atoms with Crippen molar-refractivity contribution < 1.29 is 24.4 Å². The molecular formula is C21H34BrN3O6Si. The first-order valence-electron chi connectivity index (χ1n) is 10.8. The summed E-state index contributed by atoms with van der Waals surface area (Å²) in [7, 11) is -2.14. The molecule has 0 aliphatic carbocycles.